The molecule has 3 rings (SSSR count). The molecule has 1 saturated heterocycles. The number of benzene rings is 1. The molecule has 2 heterocycles. The third-order valence-electron chi connectivity index (χ3n) is 4.44. The molecule has 0 spiro atoms. The van der Waals surface area contributed by atoms with E-state index in [4.69, 9.17) is 14.2 Å². The van der Waals surface area contributed by atoms with Gasteiger partial charge in [0, 0.05) is 32.2 Å². The van der Waals surface area contributed by atoms with E-state index in [2.05, 4.69) is 15.5 Å². The molecule has 25 heavy (non-hydrogen) atoms. The van der Waals surface area contributed by atoms with Crippen LogP contribution in [0, 0.1) is 5.92 Å². The van der Waals surface area contributed by atoms with E-state index in [9.17, 15) is 4.79 Å². The van der Waals surface area contributed by atoms with Crippen LogP contribution in [0.1, 0.15) is 10.5 Å². The molecular weight excluding hydrogens is 322 g/mol. The maximum atomic E-state index is 12.4. The Labute approximate surface area is 146 Å². The third-order valence-corrected chi connectivity index (χ3v) is 4.44. The Hall–Kier alpha value is -2.22. The lowest BCUT2D eigenvalue weighted by atomic mass is 9.96. The lowest BCUT2D eigenvalue weighted by Crippen LogP contribution is -2.50. The molecule has 2 N–H and O–H groups in total. The molecule has 134 valence electrons. The molecule has 2 aromatic rings. The summed E-state index contributed by atoms with van der Waals surface area (Å²) in [6.07, 6.45) is -0.238. The number of nitrogens with one attached hydrogen (secondary N) is 2. The van der Waals surface area contributed by atoms with Gasteiger partial charge < -0.3 is 19.5 Å². The Morgan fingerprint density at radius 2 is 2.08 bits per heavy atom. The average molecular weight is 345 g/mol. The molecule has 1 fully saturated rings. The van der Waals surface area contributed by atoms with Crippen LogP contribution in [-0.2, 0) is 14.2 Å². The molecule has 0 saturated carbocycles. The van der Waals surface area contributed by atoms with Gasteiger partial charge in [-0.3, -0.25) is 9.89 Å². The predicted molar refractivity (Wildman–Crippen MR) is 92.3 cm³/mol. The van der Waals surface area contributed by atoms with Crippen molar-refractivity contribution in [3.8, 4) is 11.3 Å². The first kappa shape index (κ1) is 17.6. The van der Waals surface area contributed by atoms with Gasteiger partial charge >= 0.3 is 0 Å². The van der Waals surface area contributed by atoms with Crippen LogP contribution in [0.25, 0.3) is 11.3 Å². The van der Waals surface area contributed by atoms with E-state index in [1.807, 2.05) is 30.3 Å². The predicted octanol–water partition coefficient (Wildman–Crippen LogP) is 1.48. The second-order valence-corrected chi connectivity index (χ2v) is 6.01. The van der Waals surface area contributed by atoms with Crippen molar-refractivity contribution in [3.63, 3.8) is 0 Å². The number of ether oxygens (including phenoxy) is 3. The number of H-pyrrole nitrogens is 1. The third kappa shape index (κ3) is 4.07. The summed E-state index contributed by atoms with van der Waals surface area (Å²) in [5.74, 6) is -0.173. The van der Waals surface area contributed by atoms with Gasteiger partial charge in [0.1, 0.15) is 11.8 Å². The van der Waals surface area contributed by atoms with Gasteiger partial charge in [-0.2, -0.15) is 5.10 Å². The number of aromatic nitrogens is 2. The lowest BCUT2D eigenvalue weighted by Gasteiger charge is -2.36. The Balaban J connectivity index is 1.60. The van der Waals surface area contributed by atoms with Crippen molar-refractivity contribution in [2.75, 3.05) is 34.0 Å². The number of hydrogen-bond acceptors (Lipinski definition) is 5. The van der Waals surface area contributed by atoms with Crippen molar-refractivity contribution in [2.24, 2.45) is 5.92 Å². The summed E-state index contributed by atoms with van der Waals surface area (Å²) >= 11 is 0. The van der Waals surface area contributed by atoms with Crippen molar-refractivity contribution in [1.29, 1.82) is 0 Å². The standard InChI is InChI=1S/C18H23N3O4/c1-23-16-11-25-10-13(17(16)24-2)9-19-18(22)15-8-14(20-21-15)12-6-4-3-5-7-12/h3-8,13,16-17H,9-11H2,1-2H3,(H,19,22)(H,20,21)/t13-,16-,17+/m1/s1. The van der Waals surface area contributed by atoms with E-state index in [0.29, 0.717) is 25.5 Å². The molecule has 0 radical (unpaired) electrons. The molecule has 0 bridgehead atoms. The molecule has 1 aromatic heterocycles. The maximum Gasteiger partial charge on any atom is 0.269 e. The fourth-order valence-electron chi connectivity index (χ4n) is 3.06. The topological polar surface area (TPSA) is 85.5 Å². The van der Waals surface area contributed by atoms with Crippen molar-refractivity contribution < 1.29 is 19.0 Å². The minimum atomic E-state index is -0.205. The molecule has 7 nitrogen and oxygen atoms in total. The molecule has 0 aliphatic carbocycles. The highest BCUT2D eigenvalue weighted by Crippen LogP contribution is 2.20. The Morgan fingerprint density at radius 1 is 1.28 bits per heavy atom. The van der Waals surface area contributed by atoms with Crippen molar-refractivity contribution in [2.45, 2.75) is 12.2 Å². The Bertz CT molecular complexity index is 689. The second-order valence-electron chi connectivity index (χ2n) is 6.01. The molecule has 7 heteroatoms. The molecular formula is C18H23N3O4. The lowest BCUT2D eigenvalue weighted by molar-refractivity contribution is -0.145. The number of carbonyl (C=O) groups excluding carboxylic acids is 1. The van der Waals surface area contributed by atoms with Crippen LogP contribution in [-0.4, -0.2) is 62.3 Å². The first-order chi connectivity index (χ1) is 12.2. The van der Waals surface area contributed by atoms with E-state index in [1.165, 1.54) is 0 Å². The number of hydrogen-bond donors (Lipinski definition) is 2. The van der Waals surface area contributed by atoms with E-state index < -0.39 is 0 Å². The molecule has 1 aliphatic heterocycles. The summed E-state index contributed by atoms with van der Waals surface area (Å²) in [6.45, 7) is 1.47. The zero-order chi connectivity index (χ0) is 17.6. The summed E-state index contributed by atoms with van der Waals surface area (Å²) < 4.78 is 16.5. The highest BCUT2D eigenvalue weighted by molar-refractivity contribution is 5.93. The van der Waals surface area contributed by atoms with Gasteiger partial charge in [-0.25, -0.2) is 0 Å². The number of aromatic amines is 1. The number of amides is 1. The number of nitrogens with zero attached hydrogens (tertiary/aromatic N) is 1. The fraction of sp³-hybridized carbons (Fsp3) is 0.444. The van der Waals surface area contributed by atoms with Crippen LogP contribution >= 0.6 is 0 Å². The quantitative estimate of drug-likeness (QED) is 0.828. The monoisotopic (exact) mass is 345 g/mol. The summed E-state index contributed by atoms with van der Waals surface area (Å²) in [4.78, 5) is 12.4. The summed E-state index contributed by atoms with van der Waals surface area (Å²) in [5.41, 5.74) is 2.12. The smallest absolute Gasteiger partial charge is 0.269 e. The van der Waals surface area contributed by atoms with Crippen LogP contribution in [0.3, 0.4) is 0 Å². The van der Waals surface area contributed by atoms with E-state index >= 15 is 0 Å². The van der Waals surface area contributed by atoms with Crippen LogP contribution in [0.5, 0.6) is 0 Å². The van der Waals surface area contributed by atoms with Gasteiger partial charge in [0.15, 0.2) is 0 Å². The molecule has 1 aliphatic rings. The Kier molecular flexibility index (Phi) is 5.80. The SMILES string of the molecule is CO[C@H]1[C@H](CNC(=O)c2cc(-c3ccccc3)n[nH]2)COC[C@H]1OC. The zero-order valence-corrected chi connectivity index (χ0v) is 14.4. The maximum absolute atomic E-state index is 12.4. The van der Waals surface area contributed by atoms with Crippen molar-refractivity contribution in [3.05, 3.63) is 42.1 Å². The van der Waals surface area contributed by atoms with Crippen LogP contribution in [0.15, 0.2) is 36.4 Å². The van der Waals surface area contributed by atoms with Crippen LogP contribution in [0.2, 0.25) is 0 Å². The fourth-order valence-corrected chi connectivity index (χ4v) is 3.06. The van der Waals surface area contributed by atoms with Crippen LogP contribution < -0.4 is 5.32 Å². The highest BCUT2D eigenvalue weighted by atomic mass is 16.6. The first-order valence-electron chi connectivity index (χ1n) is 8.25. The van der Waals surface area contributed by atoms with Gasteiger partial charge in [-0.15, -0.1) is 0 Å². The molecule has 0 unspecified atom stereocenters. The summed E-state index contributed by atoms with van der Waals surface area (Å²) in [7, 11) is 3.29. The van der Waals surface area contributed by atoms with E-state index in [1.54, 1.807) is 20.3 Å². The molecule has 1 aromatic carbocycles. The largest absolute Gasteiger partial charge is 0.378 e. The zero-order valence-electron chi connectivity index (χ0n) is 14.4. The summed E-state index contributed by atoms with van der Waals surface area (Å²) in [5, 5.41) is 9.91. The number of rotatable bonds is 6. The van der Waals surface area contributed by atoms with E-state index in [-0.39, 0.29) is 24.0 Å². The minimum Gasteiger partial charge on any atom is -0.378 e. The van der Waals surface area contributed by atoms with Gasteiger partial charge in [-0.1, -0.05) is 30.3 Å². The van der Waals surface area contributed by atoms with Gasteiger partial charge in [0.25, 0.3) is 5.91 Å². The molecule has 3 atom stereocenters. The Morgan fingerprint density at radius 3 is 2.80 bits per heavy atom. The normalized spacial score (nSPS) is 23.4. The van der Waals surface area contributed by atoms with Crippen molar-refractivity contribution >= 4 is 5.91 Å². The first-order valence-corrected chi connectivity index (χ1v) is 8.25. The minimum absolute atomic E-state index is 0.0316. The molecule has 1 amide bonds. The van der Waals surface area contributed by atoms with Gasteiger partial charge in [0.2, 0.25) is 0 Å². The number of methoxy groups -OCH3 is 2. The highest BCUT2D eigenvalue weighted by Gasteiger charge is 2.34. The number of carbonyl (C=O) groups is 1. The van der Waals surface area contributed by atoms with Crippen LogP contribution in [0.4, 0.5) is 0 Å². The second kappa shape index (κ2) is 8.24. The average Bonchev–Trinajstić information content (AvgIpc) is 3.16. The van der Waals surface area contributed by atoms with Gasteiger partial charge in [0.05, 0.1) is 25.0 Å². The summed E-state index contributed by atoms with van der Waals surface area (Å²) in [6, 6.07) is 11.5. The van der Waals surface area contributed by atoms with Crippen molar-refractivity contribution in [1.82, 2.24) is 15.5 Å². The van der Waals surface area contributed by atoms with E-state index in [0.717, 1.165) is 11.3 Å². The van der Waals surface area contributed by atoms with Gasteiger partial charge in [-0.05, 0) is 6.07 Å².